The van der Waals surface area contributed by atoms with Crippen LogP contribution in [-0.2, 0) is 13.0 Å². The zero-order chi connectivity index (χ0) is 23.9. The first-order valence-electron chi connectivity index (χ1n) is 11.4. The highest BCUT2D eigenvalue weighted by Gasteiger charge is 2.19. The van der Waals surface area contributed by atoms with Gasteiger partial charge in [0.2, 0.25) is 0 Å². The van der Waals surface area contributed by atoms with Gasteiger partial charge in [0.1, 0.15) is 11.6 Å². The molecular formula is C28H28BrN3O2. The van der Waals surface area contributed by atoms with Crippen molar-refractivity contribution < 1.29 is 9.53 Å². The van der Waals surface area contributed by atoms with E-state index in [-0.39, 0.29) is 11.9 Å². The Morgan fingerprint density at radius 3 is 2.76 bits per heavy atom. The number of hydrogen-bond acceptors (Lipinski definition) is 3. The van der Waals surface area contributed by atoms with Crippen molar-refractivity contribution in [2.75, 3.05) is 6.61 Å². The van der Waals surface area contributed by atoms with Gasteiger partial charge >= 0.3 is 0 Å². The van der Waals surface area contributed by atoms with Crippen molar-refractivity contribution >= 4 is 32.9 Å². The number of aryl methyl sites for hydroxylation is 1. The third-order valence-corrected chi connectivity index (χ3v) is 6.12. The number of nitrogens with one attached hydrogen (secondary N) is 1. The molecule has 6 heteroatoms. The van der Waals surface area contributed by atoms with Crippen LogP contribution >= 0.6 is 15.9 Å². The number of hydrogen-bond donors (Lipinski definition) is 1. The SMILES string of the molecule is C=CCc1ccccc1OCCCn1c(C(C)NC(=O)c2cccc(Br)c2)nc2ccccc21. The molecule has 0 fully saturated rings. The summed E-state index contributed by atoms with van der Waals surface area (Å²) >= 11 is 3.43. The van der Waals surface area contributed by atoms with Gasteiger partial charge in [0.05, 0.1) is 23.7 Å². The maximum absolute atomic E-state index is 12.8. The van der Waals surface area contributed by atoms with E-state index in [0.29, 0.717) is 12.2 Å². The number of fused-ring (bicyclic) bond motifs is 1. The van der Waals surface area contributed by atoms with Gasteiger partial charge in [-0.05, 0) is 61.7 Å². The highest BCUT2D eigenvalue weighted by molar-refractivity contribution is 9.10. The largest absolute Gasteiger partial charge is 0.493 e. The minimum Gasteiger partial charge on any atom is -0.493 e. The first-order chi connectivity index (χ1) is 16.6. The van der Waals surface area contributed by atoms with Crippen molar-refractivity contribution in [1.82, 2.24) is 14.9 Å². The maximum Gasteiger partial charge on any atom is 0.251 e. The van der Waals surface area contributed by atoms with Crippen LogP contribution in [0, 0.1) is 0 Å². The number of ether oxygens (including phenoxy) is 1. The van der Waals surface area contributed by atoms with Crippen molar-refractivity contribution in [1.29, 1.82) is 0 Å². The molecule has 0 spiro atoms. The number of rotatable bonds is 10. The molecule has 1 heterocycles. The molecule has 0 saturated carbocycles. The molecule has 0 radical (unpaired) electrons. The molecule has 34 heavy (non-hydrogen) atoms. The predicted octanol–water partition coefficient (Wildman–Crippen LogP) is 6.49. The smallest absolute Gasteiger partial charge is 0.251 e. The average molecular weight is 518 g/mol. The first-order valence-corrected chi connectivity index (χ1v) is 12.2. The van der Waals surface area contributed by atoms with Crippen LogP contribution < -0.4 is 10.1 Å². The second-order valence-corrected chi connectivity index (χ2v) is 9.03. The second kappa shape index (κ2) is 11.2. The van der Waals surface area contributed by atoms with Gasteiger partial charge in [-0.25, -0.2) is 4.98 Å². The lowest BCUT2D eigenvalue weighted by Crippen LogP contribution is -2.29. The fourth-order valence-electron chi connectivity index (χ4n) is 4.01. The summed E-state index contributed by atoms with van der Waals surface area (Å²) in [6, 6.07) is 23.2. The number of allylic oxidation sites excluding steroid dienone is 1. The van der Waals surface area contributed by atoms with Crippen LogP contribution in [0.3, 0.4) is 0 Å². The zero-order valence-corrected chi connectivity index (χ0v) is 20.8. The van der Waals surface area contributed by atoms with Gasteiger partial charge in [-0.2, -0.15) is 0 Å². The average Bonchev–Trinajstić information content (AvgIpc) is 3.22. The standard InChI is InChI=1S/C28H28BrN3O2/c1-3-10-21-11-4-7-16-26(21)34-18-9-17-32-25-15-6-5-14-24(25)31-27(32)20(2)30-28(33)22-12-8-13-23(29)19-22/h3-8,11-16,19-20H,1,9-10,17-18H2,2H3,(H,30,33). The molecular weight excluding hydrogens is 490 g/mol. The number of benzene rings is 3. The van der Waals surface area contributed by atoms with E-state index in [4.69, 9.17) is 9.72 Å². The molecule has 1 N–H and O–H groups in total. The minimum absolute atomic E-state index is 0.130. The van der Waals surface area contributed by atoms with Crippen LogP contribution in [0.4, 0.5) is 0 Å². The van der Waals surface area contributed by atoms with E-state index in [9.17, 15) is 4.79 Å². The Hall–Kier alpha value is -3.38. The van der Waals surface area contributed by atoms with Gasteiger partial charge < -0.3 is 14.6 Å². The third kappa shape index (κ3) is 5.57. The Kier molecular flexibility index (Phi) is 7.80. The Labute approximate surface area is 208 Å². The number of amides is 1. The van der Waals surface area contributed by atoms with Crippen LogP contribution in [0.5, 0.6) is 5.75 Å². The fraction of sp³-hybridized carbons (Fsp3) is 0.214. The quantitative estimate of drug-likeness (QED) is 0.193. The Bertz CT molecular complexity index is 1300. The van der Waals surface area contributed by atoms with Crippen molar-refractivity contribution in [3.05, 3.63) is 107 Å². The van der Waals surface area contributed by atoms with E-state index < -0.39 is 0 Å². The van der Waals surface area contributed by atoms with Gasteiger partial charge in [0, 0.05) is 16.6 Å². The summed E-state index contributed by atoms with van der Waals surface area (Å²) in [4.78, 5) is 17.7. The number of nitrogens with zero attached hydrogens (tertiary/aromatic N) is 2. The highest BCUT2D eigenvalue weighted by atomic mass is 79.9. The van der Waals surface area contributed by atoms with E-state index in [2.05, 4.69) is 44.5 Å². The predicted molar refractivity (Wildman–Crippen MR) is 140 cm³/mol. The Balaban J connectivity index is 1.48. The summed E-state index contributed by atoms with van der Waals surface area (Å²) in [5, 5.41) is 3.10. The van der Waals surface area contributed by atoms with Crippen molar-refractivity contribution in [3.63, 3.8) is 0 Å². The fourth-order valence-corrected chi connectivity index (χ4v) is 4.41. The van der Waals surface area contributed by atoms with Crippen LogP contribution in [0.15, 0.2) is 89.9 Å². The summed E-state index contributed by atoms with van der Waals surface area (Å²) in [5.41, 5.74) is 3.71. The number of halogens is 1. The molecule has 4 aromatic rings. The summed E-state index contributed by atoms with van der Waals surface area (Å²) in [7, 11) is 0. The van der Waals surface area contributed by atoms with Gasteiger partial charge in [0.15, 0.2) is 0 Å². The topological polar surface area (TPSA) is 56.1 Å². The number of carbonyl (C=O) groups excluding carboxylic acids is 1. The van der Waals surface area contributed by atoms with Crippen molar-refractivity contribution in [2.24, 2.45) is 0 Å². The van der Waals surface area contributed by atoms with E-state index in [1.54, 1.807) is 6.07 Å². The van der Waals surface area contributed by atoms with E-state index in [1.807, 2.05) is 67.6 Å². The van der Waals surface area contributed by atoms with E-state index in [0.717, 1.165) is 52.0 Å². The molecule has 0 aliphatic carbocycles. The molecule has 0 aliphatic rings. The lowest BCUT2D eigenvalue weighted by molar-refractivity contribution is 0.0937. The minimum atomic E-state index is -0.256. The van der Waals surface area contributed by atoms with Crippen LogP contribution in [0.2, 0.25) is 0 Å². The van der Waals surface area contributed by atoms with E-state index >= 15 is 0 Å². The summed E-state index contributed by atoms with van der Waals surface area (Å²) < 4.78 is 9.13. The second-order valence-electron chi connectivity index (χ2n) is 8.12. The molecule has 0 aliphatic heterocycles. The van der Waals surface area contributed by atoms with Gasteiger partial charge in [-0.1, -0.05) is 58.4 Å². The van der Waals surface area contributed by atoms with Crippen molar-refractivity contribution in [2.45, 2.75) is 32.4 Å². The Morgan fingerprint density at radius 1 is 1.15 bits per heavy atom. The molecule has 0 bridgehead atoms. The summed E-state index contributed by atoms with van der Waals surface area (Å²) in [6.45, 7) is 7.11. The normalized spacial score (nSPS) is 11.8. The molecule has 5 nitrogen and oxygen atoms in total. The van der Waals surface area contributed by atoms with Crippen molar-refractivity contribution in [3.8, 4) is 5.75 Å². The molecule has 1 atom stereocenters. The lowest BCUT2D eigenvalue weighted by atomic mass is 10.1. The Morgan fingerprint density at radius 2 is 1.94 bits per heavy atom. The number of aromatic nitrogens is 2. The molecule has 4 rings (SSSR count). The van der Waals surface area contributed by atoms with Gasteiger partial charge in [-0.3, -0.25) is 4.79 Å². The van der Waals surface area contributed by atoms with Gasteiger partial charge in [0.25, 0.3) is 5.91 Å². The molecule has 1 unspecified atom stereocenters. The molecule has 3 aromatic carbocycles. The molecule has 174 valence electrons. The number of carbonyl (C=O) groups is 1. The number of para-hydroxylation sites is 3. The molecule has 0 saturated heterocycles. The summed E-state index contributed by atoms with van der Waals surface area (Å²) in [6.07, 6.45) is 3.47. The monoisotopic (exact) mass is 517 g/mol. The zero-order valence-electron chi connectivity index (χ0n) is 19.2. The van der Waals surface area contributed by atoms with Gasteiger partial charge in [-0.15, -0.1) is 6.58 Å². The lowest BCUT2D eigenvalue weighted by Gasteiger charge is -2.17. The molecule has 1 aromatic heterocycles. The summed E-state index contributed by atoms with van der Waals surface area (Å²) in [5.74, 6) is 1.60. The van der Waals surface area contributed by atoms with Crippen LogP contribution in [0.1, 0.15) is 41.1 Å². The highest BCUT2D eigenvalue weighted by Crippen LogP contribution is 2.23. The maximum atomic E-state index is 12.8. The van der Waals surface area contributed by atoms with Crippen LogP contribution in [-0.4, -0.2) is 22.1 Å². The number of imidazole rings is 1. The first kappa shape index (κ1) is 23.8. The van der Waals surface area contributed by atoms with Crippen LogP contribution in [0.25, 0.3) is 11.0 Å². The van der Waals surface area contributed by atoms with E-state index in [1.165, 1.54) is 0 Å². The molecule has 1 amide bonds. The third-order valence-electron chi connectivity index (χ3n) is 5.63.